The first-order valence-corrected chi connectivity index (χ1v) is 10.6. The van der Waals surface area contributed by atoms with E-state index in [9.17, 15) is 8.78 Å². The smallest absolute Gasteiger partial charge is 0.135 e. The van der Waals surface area contributed by atoms with Crippen LogP contribution in [0, 0.1) is 17.0 Å². The van der Waals surface area contributed by atoms with Gasteiger partial charge in [0.15, 0.2) is 0 Å². The van der Waals surface area contributed by atoms with Crippen molar-refractivity contribution in [2.75, 3.05) is 0 Å². The second-order valence-electron chi connectivity index (χ2n) is 9.10. The molecule has 0 saturated heterocycles. The summed E-state index contributed by atoms with van der Waals surface area (Å²) >= 11 is 0. The second kappa shape index (κ2) is 6.48. The number of H-pyrrole nitrogens is 1. The maximum Gasteiger partial charge on any atom is 0.135 e. The maximum atomic E-state index is 14.4. The Morgan fingerprint density at radius 1 is 1.00 bits per heavy atom. The molecule has 1 N–H and O–H groups in total. The second-order valence-corrected chi connectivity index (χ2v) is 9.10. The summed E-state index contributed by atoms with van der Waals surface area (Å²) in [6.45, 7) is 4.41. The van der Waals surface area contributed by atoms with Crippen molar-refractivity contribution in [3.8, 4) is 22.6 Å². The molecule has 3 aromatic heterocycles. The first-order chi connectivity index (χ1) is 15.4. The third-order valence-electron chi connectivity index (χ3n) is 7.44. The standard InChI is InChI=1S/C24H20F2N6/c1-23(2)14-6-8-24(23,20-12-27-11-19(29-20)17-7-9-28-30-17)22-13(14)10-18(31-32-22)21-15(25)4-3-5-16(21)26/h3-5,7,9-12,14H,6,8H2,1-2H3,(H,28,30)/t14-,24-/m0/s1. The molecule has 0 amide bonds. The van der Waals surface area contributed by atoms with Crippen LogP contribution in [0.15, 0.2) is 48.9 Å². The molecule has 160 valence electrons. The average molecular weight is 430 g/mol. The van der Waals surface area contributed by atoms with Crippen molar-refractivity contribution in [2.24, 2.45) is 5.41 Å². The number of fused-ring (bicyclic) bond motifs is 5. The van der Waals surface area contributed by atoms with Gasteiger partial charge in [-0.1, -0.05) is 19.9 Å². The molecule has 1 fully saturated rings. The van der Waals surface area contributed by atoms with E-state index in [0.29, 0.717) is 5.69 Å². The van der Waals surface area contributed by atoms with Gasteiger partial charge >= 0.3 is 0 Å². The third kappa shape index (κ3) is 2.35. The normalized spacial score (nSPS) is 22.8. The van der Waals surface area contributed by atoms with Crippen LogP contribution in [-0.4, -0.2) is 30.4 Å². The highest BCUT2D eigenvalue weighted by Crippen LogP contribution is 2.69. The number of rotatable bonds is 3. The number of hydrogen-bond donors (Lipinski definition) is 1. The highest BCUT2D eigenvalue weighted by molar-refractivity contribution is 5.64. The van der Waals surface area contributed by atoms with Crippen LogP contribution < -0.4 is 0 Å². The van der Waals surface area contributed by atoms with Gasteiger partial charge in [-0.3, -0.25) is 10.1 Å². The van der Waals surface area contributed by atoms with Gasteiger partial charge < -0.3 is 0 Å². The van der Waals surface area contributed by atoms with Crippen LogP contribution in [0.4, 0.5) is 8.78 Å². The van der Waals surface area contributed by atoms with Crippen LogP contribution in [0.5, 0.6) is 0 Å². The Morgan fingerprint density at radius 3 is 2.56 bits per heavy atom. The molecular weight excluding hydrogens is 410 g/mol. The molecule has 2 aliphatic carbocycles. The lowest BCUT2D eigenvalue weighted by molar-refractivity contribution is 0.242. The van der Waals surface area contributed by atoms with Crippen molar-refractivity contribution in [2.45, 2.75) is 38.0 Å². The fourth-order valence-electron chi connectivity index (χ4n) is 5.85. The molecule has 0 radical (unpaired) electrons. The first-order valence-electron chi connectivity index (χ1n) is 10.6. The summed E-state index contributed by atoms with van der Waals surface area (Å²) in [6, 6.07) is 7.48. The van der Waals surface area contributed by atoms with Crippen molar-refractivity contribution in [3.63, 3.8) is 0 Å². The van der Waals surface area contributed by atoms with Crippen LogP contribution in [-0.2, 0) is 5.41 Å². The van der Waals surface area contributed by atoms with Gasteiger partial charge in [-0.25, -0.2) is 13.8 Å². The highest BCUT2D eigenvalue weighted by atomic mass is 19.1. The predicted molar refractivity (Wildman–Crippen MR) is 114 cm³/mol. The van der Waals surface area contributed by atoms with E-state index < -0.39 is 17.0 Å². The summed E-state index contributed by atoms with van der Waals surface area (Å²) in [6.07, 6.45) is 7.03. The van der Waals surface area contributed by atoms with E-state index in [2.05, 4.69) is 39.2 Å². The van der Waals surface area contributed by atoms with Gasteiger partial charge in [-0.2, -0.15) is 10.2 Å². The number of aromatic nitrogens is 6. The van der Waals surface area contributed by atoms with Crippen molar-refractivity contribution in [3.05, 3.63) is 77.5 Å². The van der Waals surface area contributed by atoms with Gasteiger partial charge in [0.05, 0.1) is 34.3 Å². The summed E-state index contributed by atoms with van der Waals surface area (Å²) in [7, 11) is 0. The molecule has 8 heteroatoms. The van der Waals surface area contributed by atoms with E-state index in [-0.39, 0.29) is 22.6 Å². The maximum absolute atomic E-state index is 14.4. The van der Waals surface area contributed by atoms with Crippen molar-refractivity contribution < 1.29 is 8.78 Å². The lowest BCUT2D eigenvalue weighted by Crippen LogP contribution is -2.38. The van der Waals surface area contributed by atoms with Gasteiger partial charge in [0.1, 0.15) is 23.0 Å². The molecular formula is C24H20F2N6. The van der Waals surface area contributed by atoms with Crippen molar-refractivity contribution in [1.82, 2.24) is 30.4 Å². The largest absolute Gasteiger partial charge is 0.285 e. The van der Waals surface area contributed by atoms with Crippen LogP contribution in [0.1, 0.15) is 49.6 Å². The van der Waals surface area contributed by atoms with Crippen LogP contribution >= 0.6 is 0 Å². The fourth-order valence-corrected chi connectivity index (χ4v) is 5.85. The molecule has 0 aliphatic heterocycles. The third-order valence-corrected chi connectivity index (χ3v) is 7.44. The number of aromatic amines is 1. The predicted octanol–water partition coefficient (Wildman–Crippen LogP) is 4.81. The lowest BCUT2D eigenvalue weighted by Gasteiger charge is -2.37. The molecule has 0 spiro atoms. The van der Waals surface area contributed by atoms with E-state index in [1.165, 1.54) is 18.2 Å². The van der Waals surface area contributed by atoms with Crippen molar-refractivity contribution in [1.29, 1.82) is 0 Å². The van der Waals surface area contributed by atoms with Crippen LogP contribution in [0.3, 0.4) is 0 Å². The molecule has 2 aliphatic rings. The number of halogens is 2. The minimum absolute atomic E-state index is 0.141. The number of benzene rings is 1. The number of nitrogens with zero attached hydrogens (tertiary/aromatic N) is 5. The Bertz CT molecular complexity index is 1330. The van der Waals surface area contributed by atoms with E-state index in [1.807, 2.05) is 12.1 Å². The molecule has 32 heavy (non-hydrogen) atoms. The number of nitrogens with one attached hydrogen (secondary N) is 1. The Hall–Kier alpha value is -3.55. The molecule has 1 aromatic carbocycles. The Morgan fingerprint density at radius 2 is 1.81 bits per heavy atom. The van der Waals surface area contributed by atoms with Crippen LogP contribution in [0.2, 0.25) is 0 Å². The molecule has 3 heterocycles. The quantitative estimate of drug-likeness (QED) is 0.505. The van der Waals surface area contributed by atoms with E-state index in [1.54, 1.807) is 18.6 Å². The van der Waals surface area contributed by atoms with Gasteiger partial charge in [0.25, 0.3) is 0 Å². The minimum Gasteiger partial charge on any atom is -0.285 e. The molecule has 2 atom stereocenters. The lowest BCUT2D eigenvalue weighted by atomic mass is 9.66. The minimum atomic E-state index is -0.644. The molecule has 6 nitrogen and oxygen atoms in total. The zero-order valence-corrected chi connectivity index (χ0v) is 17.6. The summed E-state index contributed by atoms with van der Waals surface area (Å²) in [4.78, 5) is 9.40. The first kappa shape index (κ1) is 19.2. The fraction of sp³-hybridized carbons (Fsp3) is 0.292. The summed E-state index contributed by atoms with van der Waals surface area (Å²) in [5.41, 5.74) is 3.42. The van der Waals surface area contributed by atoms with Crippen molar-refractivity contribution >= 4 is 0 Å². The topological polar surface area (TPSA) is 80.2 Å². The molecule has 6 rings (SSSR count). The monoisotopic (exact) mass is 430 g/mol. The summed E-state index contributed by atoms with van der Waals surface area (Å²) < 4.78 is 28.8. The Kier molecular flexibility index (Phi) is 3.88. The van der Waals surface area contributed by atoms with Gasteiger partial charge in [0.2, 0.25) is 0 Å². The van der Waals surface area contributed by atoms with Crippen LogP contribution in [0.25, 0.3) is 22.6 Å². The Balaban J connectivity index is 1.54. The molecule has 0 unspecified atom stereocenters. The van der Waals surface area contributed by atoms with Gasteiger partial charge in [-0.05, 0) is 54.0 Å². The highest BCUT2D eigenvalue weighted by Gasteiger charge is 2.65. The average Bonchev–Trinajstić information content (AvgIpc) is 3.45. The summed E-state index contributed by atoms with van der Waals surface area (Å²) in [5, 5.41) is 15.9. The van der Waals surface area contributed by atoms with E-state index in [0.717, 1.165) is 35.5 Å². The molecule has 1 saturated carbocycles. The SMILES string of the molecule is CC1(C)[C@H]2CC[C@]1(c1cncc(-c3cc[nH]n3)n1)c1nnc(-c3c(F)cccc3F)cc12. The molecule has 2 bridgehead atoms. The molecule has 4 aromatic rings. The summed E-state index contributed by atoms with van der Waals surface area (Å²) in [5.74, 6) is -1.11. The van der Waals surface area contributed by atoms with Gasteiger partial charge in [0, 0.05) is 12.4 Å². The van der Waals surface area contributed by atoms with E-state index >= 15 is 0 Å². The Labute approximate surface area is 183 Å². The van der Waals surface area contributed by atoms with Gasteiger partial charge in [-0.15, -0.1) is 5.10 Å². The number of hydrogen-bond acceptors (Lipinski definition) is 5. The van der Waals surface area contributed by atoms with E-state index in [4.69, 9.17) is 4.98 Å². The zero-order chi connectivity index (χ0) is 22.1. The zero-order valence-electron chi connectivity index (χ0n) is 17.6.